The van der Waals surface area contributed by atoms with E-state index in [4.69, 9.17) is 0 Å². The van der Waals surface area contributed by atoms with E-state index in [1.54, 1.807) is 0 Å². The summed E-state index contributed by atoms with van der Waals surface area (Å²) in [6, 6.07) is 15.8. The Kier molecular flexibility index (Phi) is 3.83. The molecule has 3 rings (SSSR count). The van der Waals surface area contributed by atoms with Crippen molar-refractivity contribution in [1.29, 1.82) is 0 Å². The summed E-state index contributed by atoms with van der Waals surface area (Å²) in [6.45, 7) is 0. The molecule has 22 heavy (non-hydrogen) atoms. The van der Waals surface area contributed by atoms with Gasteiger partial charge in [-0.1, -0.05) is 30.3 Å². The average Bonchev–Trinajstić information content (AvgIpc) is 2.91. The molecule has 4 nitrogen and oxygen atoms in total. The van der Waals surface area contributed by atoms with Gasteiger partial charge in [-0.25, -0.2) is 0 Å². The van der Waals surface area contributed by atoms with Gasteiger partial charge in [0.05, 0.1) is 17.8 Å². The van der Waals surface area contributed by atoms with Gasteiger partial charge in [-0.15, -0.1) is 0 Å². The van der Waals surface area contributed by atoms with Crippen molar-refractivity contribution in [3.05, 3.63) is 60.3 Å². The minimum Gasteiger partial charge on any atom is -0.376 e. The lowest BCUT2D eigenvalue weighted by Crippen LogP contribution is -2.18. The van der Waals surface area contributed by atoms with E-state index in [-0.39, 0.29) is 5.91 Å². The predicted molar refractivity (Wildman–Crippen MR) is 91.4 cm³/mol. The lowest BCUT2D eigenvalue weighted by Gasteiger charge is -2.17. The van der Waals surface area contributed by atoms with E-state index in [1.165, 1.54) is 0 Å². The molecule has 2 aromatic carbocycles. The Balaban J connectivity index is 1.79. The van der Waals surface area contributed by atoms with Gasteiger partial charge in [0, 0.05) is 31.2 Å². The zero-order chi connectivity index (χ0) is 15.5. The van der Waals surface area contributed by atoms with Crippen molar-refractivity contribution >= 4 is 28.2 Å². The number of hydrogen-bond acceptors (Lipinski definition) is 2. The van der Waals surface area contributed by atoms with E-state index in [2.05, 4.69) is 10.3 Å². The molecule has 1 aromatic heterocycles. The summed E-state index contributed by atoms with van der Waals surface area (Å²) >= 11 is 0. The van der Waals surface area contributed by atoms with Crippen molar-refractivity contribution in [3.8, 4) is 0 Å². The number of H-pyrrole nitrogens is 1. The number of anilines is 2. The molecule has 0 bridgehead atoms. The Labute approximate surface area is 129 Å². The van der Waals surface area contributed by atoms with Crippen LogP contribution in [0.25, 0.3) is 10.9 Å². The number of aromatic amines is 1. The van der Waals surface area contributed by atoms with Crippen LogP contribution in [0.4, 0.5) is 11.4 Å². The number of hydrogen-bond donors (Lipinski definition) is 2. The lowest BCUT2D eigenvalue weighted by molar-refractivity contribution is -0.115. The normalized spacial score (nSPS) is 10.6. The Morgan fingerprint density at radius 3 is 2.64 bits per heavy atom. The predicted octanol–water partition coefficient (Wildman–Crippen LogP) is 3.42. The topological polar surface area (TPSA) is 48.1 Å². The van der Waals surface area contributed by atoms with E-state index in [1.807, 2.05) is 73.7 Å². The van der Waals surface area contributed by atoms with E-state index < -0.39 is 0 Å². The van der Waals surface area contributed by atoms with Crippen molar-refractivity contribution in [2.75, 3.05) is 24.3 Å². The molecule has 0 aliphatic carbocycles. The molecular formula is C18H19N3O. The van der Waals surface area contributed by atoms with Gasteiger partial charge in [0.15, 0.2) is 0 Å². The summed E-state index contributed by atoms with van der Waals surface area (Å²) in [5, 5.41) is 4.10. The zero-order valence-corrected chi connectivity index (χ0v) is 12.8. The van der Waals surface area contributed by atoms with Crippen LogP contribution in [0, 0.1) is 0 Å². The van der Waals surface area contributed by atoms with Crippen molar-refractivity contribution in [2.45, 2.75) is 6.42 Å². The summed E-state index contributed by atoms with van der Waals surface area (Å²) in [5.41, 5.74) is 3.89. The Bertz CT molecular complexity index is 805. The van der Waals surface area contributed by atoms with Gasteiger partial charge in [0.1, 0.15) is 0 Å². The summed E-state index contributed by atoms with van der Waals surface area (Å²) in [7, 11) is 3.93. The van der Waals surface area contributed by atoms with Crippen LogP contribution in [-0.2, 0) is 11.2 Å². The zero-order valence-electron chi connectivity index (χ0n) is 12.8. The second-order valence-corrected chi connectivity index (χ2v) is 5.50. The van der Waals surface area contributed by atoms with Crippen molar-refractivity contribution in [1.82, 2.24) is 4.98 Å². The number of nitrogens with one attached hydrogen (secondary N) is 2. The van der Waals surface area contributed by atoms with E-state index in [0.717, 1.165) is 27.8 Å². The number of rotatable bonds is 4. The molecule has 0 saturated carbocycles. The first kappa shape index (κ1) is 14.2. The number of nitrogens with zero attached hydrogens (tertiary/aromatic N) is 1. The minimum atomic E-state index is -0.0148. The highest BCUT2D eigenvalue weighted by molar-refractivity contribution is 5.98. The molecule has 1 amide bonds. The Morgan fingerprint density at radius 2 is 1.82 bits per heavy atom. The SMILES string of the molecule is CN(C)c1ccccc1NC(=O)Cc1c[nH]c2ccccc12. The Hall–Kier alpha value is -2.75. The van der Waals surface area contributed by atoms with Crippen molar-refractivity contribution in [3.63, 3.8) is 0 Å². The number of para-hydroxylation sites is 3. The Morgan fingerprint density at radius 1 is 1.09 bits per heavy atom. The third kappa shape index (κ3) is 2.81. The fourth-order valence-electron chi connectivity index (χ4n) is 2.61. The molecule has 0 aliphatic heterocycles. The third-order valence-electron chi connectivity index (χ3n) is 3.69. The number of carbonyl (C=O) groups excluding carboxylic acids is 1. The fourth-order valence-corrected chi connectivity index (χ4v) is 2.61. The quantitative estimate of drug-likeness (QED) is 0.774. The van der Waals surface area contributed by atoms with Crippen LogP contribution in [0.3, 0.4) is 0 Å². The van der Waals surface area contributed by atoms with Gasteiger partial charge >= 0.3 is 0 Å². The van der Waals surface area contributed by atoms with Gasteiger partial charge in [-0.2, -0.15) is 0 Å². The van der Waals surface area contributed by atoms with Crippen LogP contribution in [-0.4, -0.2) is 25.0 Å². The van der Waals surface area contributed by atoms with E-state index in [0.29, 0.717) is 6.42 Å². The number of fused-ring (bicyclic) bond motifs is 1. The molecule has 3 aromatic rings. The second kappa shape index (κ2) is 5.93. The molecule has 112 valence electrons. The smallest absolute Gasteiger partial charge is 0.228 e. The highest BCUT2D eigenvalue weighted by atomic mass is 16.1. The molecule has 4 heteroatoms. The third-order valence-corrected chi connectivity index (χ3v) is 3.69. The molecular weight excluding hydrogens is 274 g/mol. The lowest BCUT2D eigenvalue weighted by atomic mass is 10.1. The van der Waals surface area contributed by atoms with Gasteiger partial charge in [0.25, 0.3) is 0 Å². The maximum Gasteiger partial charge on any atom is 0.228 e. The highest BCUT2D eigenvalue weighted by Gasteiger charge is 2.11. The molecule has 0 unspecified atom stereocenters. The van der Waals surface area contributed by atoms with Crippen LogP contribution in [0.1, 0.15) is 5.56 Å². The summed E-state index contributed by atoms with van der Waals surface area (Å²) in [4.78, 5) is 17.5. The molecule has 0 atom stereocenters. The van der Waals surface area contributed by atoms with Crippen LogP contribution in [0.15, 0.2) is 54.7 Å². The van der Waals surface area contributed by atoms with Gasteiger partial charge in [-0.05, 0) is 23.8 Å². The van der Waals surface area contributed by atoms with Crippen LogP contribution < -0.4 is 10.2 Å². The number of aromatic nitrogens is 1. The monoisotopic (exact) mass is 293 g/mol. The molecule has 1 heterocycles. The second-order valence-electron chi connectivity index (χ2n) is 5.50. The summed E-state index contributed by atoms with van der Waals surface area (Å²) in [5.74, 6) is -0.0148. The minimum absolute atomic E-state index is 0.0148. The maximum atomic E-state index is 12.4. The van der Waals surface area contributed by atoms with Crippen molar-refractivity contribution < 1.29 is 4.79 Å². The number of carbonyl (C=O) groups is 1. The van der Waals surface area contributed by atoms with Crippen LogP contribution >= 0.6 is 0 Å². The first-order valence-corrected chi connectivity index (χ1v) is 7.26. The largest absolute Gasteiger partial charge is 0.376 e. The number of benzene rings is 2. The molecule has 2 N–H and O–H groups in total. The fraction of sp³-hybridized carbons (Fsp3) is 0.167. The van der Waals surface area contributed by atoms with E-state index >= 15 is 0 Å². The molecule has 0 spiro atoms. The average molecular weight is 293 g/mol. The van der Waals surface area contributed by atoms with E-state index in [9.17, 15) is 4.79 Å². The maximum absolute atomic E-state index is 12.4. The number of amides is 1. The summed E-state index contributed by atoms with van der Waals surface area (Å²) in [6.07, 6.45) is 2.26. The molecule has 0 fully saturated rings. The first-order valence-electron chi connectivity index (χ1n) is 7.26. The highest BCUT2D eigenvalue weighted by Crippen LogP contribution is 2.24. The summed E-state index contributed by atoms with van der Waals surface area (Å²) < 4.78 is 0. The molecule has 0 radical (unpaired) electrons. The van der Waals surface area contributed by atoms with Gasteiger partial charge in [0.2, 0.25) is 5.91 Å². The molecule has 0 aliphatic rings. The molecule has 0 saturated heterocycles. The van der Waals surface area contributed by atoms with Crippen molar-refractivity contribution in [2.24, 2.45) is 0 Å². The van der Waals surface area contributed by atoms with Crippen LogP contribution in [0.5, 0.6) is 0 Å². The van der Waals surface area contributed by atoms with Gasteiger partial charge < -0.3 is 15.2 Å². The first-order chi connectivity index (χ1) is 10.6. The van der Waals surface area contributed by atoms with Crippen LogP contribution in [0.2, 0.25) is 0 Å². The standard InChI is InChI=1S/C18H19N3O/c1-21(2)17-10-6-5-9-16(17)20-18(22)11-13-12-19-15-8-4-3-7-14(13)15/h3-10,12,19H,11H2,1-2H3,(H,20,22). The van der Waals surface area contributed by atoms with Gasteiger partial charge in [-0.3, -0.25) is 4.79 Å².